The highest BCUT2D eigenvalue weighted by molar-refractivity contribution is 5.92. The molecule has 0 fully saturated rings. The van der Waals surface area contributed by atoms with Crippen LogP contribution in [-0.4, -0.2) is 30.1 Å². The van der Waals surface area contributed by atoms with Crippen molar-refractivity contribution in [3.8, 4) is 11.5 Å². The molecule has 2 aromatic carbocycles. The fourth-order valence-corrected chi connectivity index (χ4v) is 2.81. The summed E-state index contributed by atoms with van der Waals surface area (Å²) in [5.74, 6) is 1.83. The van der Waals surface area contributed by atoms with Gasteiger partial charge < -0.3 is 18.9 Å². The standard InChI is InChI=1S/C22H24N2O4/c1-15-8-9-16(2)21(10-15)27-14-19-12-20(23-28-19)22(25)24(3)13-17-6-5-7-18(11-17)26-4/h5-12H,13-14H2,1-4H3. The summed E-state index contributed by atoms with van der Waals surface area (Å²) in [7, 11) is 3.34. The van der Waals surface area contributed by atoms with E-state index in [1.165, 1.54) is 0 Å². The summed E-state index contributed by atoms with van der Waals surface area (Å²) in [5, 5.41) is 3.89. The number of hydrogen-bond acceptors (Lipinski definition) is 5. The highest BCUT2D eigenvalue weighted by Gasteiger charge is 2.18. The lowest BCUT2D eigenvalue weighted by molar-refractivity contribution is 0.0774. The van der Waals surface area contributed by atoms with Crippen LogP contribution in [0.3, 0.4) is 0 Å². The Morgan fingerprint density at radius 1 is 1.14 bits per heavy atom. The number of ether oxygens (including phenoxy) is 2. The van der Waals surface area contributed by atoms with E-state index in [2.05, 4.69) is 5.16 Å². The Hall–Kier alpha value is -3.28. The van der Waals surface area contributed by atoms with E-state index in [1.807, 2.05) is 56.3 Å². The molecule has 0 unspecified atom stereocenters. The first-order valence-corrected chi connectivity index (χ1v) is 9.00. The quantitative estimate of drug-likeness (QED) is 0.616. The molecule has 146 valence electrons. The van der Waals surface area contributed by atoms with Crippen LogP contribution in [0.1, 0.15) is 32.9 Å². The maximum atomic E-state index is 12.6. The summed E-state index contributed by atoms with van der Waals surface area (Å²) in [6.07, 6.45) is 0. The molecule has 0 N–H and O–H groups in total. The van der Waals surface area contributed by atoms with Crippen LogP contribution in [0.2, 0.25) is 0 Å². The van der Waals surface area contributed by atoms with E-state index in [0.29, 0.717) is 12.3 Å². The molecule has 6 heteroatoms. The number of nitrogens with zero attached hydrogens (tertiary/aromatic N) is 2. The van der Waals surface area contributed by atoms with Gasteiger partial charge in [0.2, 0.25) is 0 Å². The molecule has 1 amide bonds. The van der Waals surface area contributed by atoms with E-state index in [1.54, 1.807) is 25.1 Å². The summed E-state index contributed by atoms with van der Waals surface area (Å²) in [6.45, 7) is 4.65. The van der Waals surface area contributed by atoms with E-state index in [-0.39, 0.29) is 18.2 Å². The molecule has 6 nitrogen and oxygen atoms in total. The second-order valence-electron chi connectivity index (χ2n) is 6.75. The van der Waals surface area contributed by atoms with Crippen molar-refractivity contribution in [3.63, 3.8) is 0 Å². The van der Waals surface area contributed by atoms with Gasteiger partial charge in [0, 0.05) is 19.7 Å². The summed E-state index contributed by atoms with van der Waals surface area (Å²) in [5.41, 5.74) is 3.38. The van der Waals surface area contributed by atoms with Crippen molar-refractivity contribution in [1.29, 1.82) is 0 Å². The lowest BCUT2D eigenvalue weighted by Gasteiger charge is -2.16. The summed E-state index contributed by atoms with van der Waals surface area (Å²) < 4.78 is 16.3. The smallest absolute Gasteiger partial charge is 0.276 e. The monoisotopic (exact) mass is 380 g/mol. The number of aromatic nitrogens is 1. The third-order valence-corrected chi connectivity index (χ3v) is 4.39. The van der Waals surface area contributed by atoms with Gasteiger partial charge in [-0.15, -0.1) is 0 Å². The number of aryl methyl sites for hydroxylation is 2. The number of benzene rings is 2. The summed E-state index contributed by atoms with van der Waals surface area (Å²) in [6, 6.07) is 15.2. The highest BCUT2D eigenvalue weighted by atomic mass is 16.5. The number of amides is 1. The predicted molar refractivity (Wildman–Crippen MR) is 106 cm³/mol. The van der Waals surface area contributed by atoms with Gasteiger partial charge in [0.1, 0.15) is 18.1 Å². The number of carbonyl (C=O) groups excluding carboxylic acids is 1. The first-order valence-electron chi connectivity index (χ1n) is 9.00. The fourth-order valence-electron chi connectivity index (χ4n) is 2.81. The van der Waals surface area contributed by atoms with Gasteiger partial charge in [0.15, 0.2) is 11.5 Å². The molecule has 0 saturated carbocycles. The van der Waals surface area contributed by atoms with E-state index in [4.69, 9.17) is 14.0 Å². The van der Waals surface area contributed by atoms with Crippen molar-refractivity contribution in [2.24, 2.45) is 0 Å². The fraction of sp³-hybridized carbons (Fsp3) is 0.273. The lowest BCUT2D eigenvalue weighted by Crippen LogP contribution is -2.26. The molecule has 0 radical (unpaired) electrons. The van der Waals surface area contributed by atoms with E-state index >= 15 is 0 Å². The van der Waals surface area contributed by atoms with Crippen molar-refractivity contribution < 1.29 is 18.8 Å². The molecule has 28 heavy (non-hydrogen) atoms. The molecule has 1 aromatic heterocycles. The Bertz CT molecular complexity index is 965. The van der Waals surface area contributed by atoms with Crippen molar-refractivity contribution in [2.45, 2.75) is 27.0 Å². The third kappa shape index (κ3) is 4.71. The highest BCUT2D eigenvalue weighted by Crippen LogP contribution is 2.21. The molecule has 0 atom stereocenters. The Kier molecular flexibility index (Phi) is 5.99. The van der Waals surface area contributed by atoms with Gasteiger partial charge in [-0.2, -0.15) is 0 Å². The van der Waals surface area contributed by atoms with Crippen LogP contribution in [0, 0.1) is 13.8 Å². The van der Waals surface area contributed by atoms with Crippen LogP contribution >= 0.6 is 0 Å². The molecule has 0 saturated heterocycles. The second-order valence-corrected chi connectivity index (χ2v) is 6.75. The zero-order chi connectivity index (χ0) is 20.1. The normalized spacial score (nSPS) is 10.6. The summed E-state index contributed by atoms with van der Waals surface area (Å²) in [4.78, 5) is 14.2. The Balaban J connectivity index is 1.62. The van der Waals surface area contributed by atoms with Crippen molar-refractivity contribution in [3.05, 3.63) is 76.7 Å². The van der Waals surface area contributed by atoms with Gasteiger partial charge >= 0.3 is 0 Å². The van der Waals surface area contributed by atoms with E-state index in [0.717, 1.165) is 28.2 Å². The molecule has 0 aliphatic carbocycles. The zero-order valence-corrected chi connectivity index (χ0v) is 16.6. The van der Waals surface area contributed by atoms with Crippen LogP contribution in [0.15, 0.2) is 53.1 Å². The molecular formula is C22H24N2O4. The molecule has 0 aliphatic rings. The van der Waals surface area contributed by atoms with Gasteiger partial charge in [-0.05, 0) is 48.7 Å². The minimum Gasteiger partial charge on any atom is -0.497 e. The minimum absolute atomic E-state index is 0.212. The van der Waals surface area contributed by atoms with Crippen LogP contribution in [-0.2, 0) is 13.2 Å². The first-order chi connectivity index (χ1) is 13.5. The van der Waals surface area contributed by atoms with Gasteiger partial charge in [-0.1, -0.05) is 29.4 Å². The number of hydrogen-bond donors (Lipinski definition) is 0. The van der Waals surface area contributed by atoms with Gasteiger partial charge in [0.25, 0.3) is 5.91 Å². The summed E-state index contributed by atoms with van der Waals surface area (Å²) >= 11 is 0. The molecule has 3 aromatic rings. The molecular weight excluding hydrogens is 356 g/mol. The maximum absolute atomic E-state index is 12.6. The van der Waals surface area contributed by atoms with Crippen molar-refractivity contribution in [1.82, 2.24) is 10.1 Å². The van der Waals surface area contributed by atoms with Crippen molar-refractivity contribution >= 4 is 5.91 Å². The molecule has 1 heterocycles. The lowest BCUT2D eigenvalue weighted by atomic mass is 10.1. The topological polar surface area (TPSA) is 64.8 Å². The van der Waals surface area contributed by atoms with Crippen LogP contribution in [0.5, 0.6) is 11.5 Å². The van der Waals surface area contributed by atoms with Gasteiger partial charge in [0.05, 0.1) is 7.11 Å². The molecule has 3 rings (SSSR count). The van der Waals surface area contributed by atoms with E-state index < -0.39 is 0 Å². The number of rotatable bonds is 7. The Labute approximate surface area is 164 Å². The molecule has 0 spiro atoms. The number of methoxy groups -OCH3 is 1. The van der Waals surface area contributed by atoms with Crippen LogP contribution in [0.4, 0.5) is 0 Å². The number of carbonyl (C=O) groups is 1. The predicted octanol–water partition coefficient (Wildman–Crippen LogP) is 4.15. The van der Waals surface area contributed by atoms with Crippen LogP contribution in [0.25, 0.3) is 0 Å². The maximum Gasteiger partial charge on any atom is 0.276 e. The third-order valence-electron chi connectivity index (χ3n) is 4.39. The minimum atomic E-state index is -0.218. The zero-order valence-electron chi connectivity index (χ0n) is 16.6. The Morgan fingerprint density at radius 2 is 1.96 bits per heavy atom. The Morgan fingerprint density at radius 3 is 2.75 bits per heavy atom. The van der Waals surface area contributed by atoms with Gasteiger partial charge in [-0.3, -0.25) is 4.79 Å². The first kappa shape index (κ1) is 19.5. The largest absolute Gasteiger partial charge is 0.497 e. The molecule has 0 bridgehead atoms. The SMILES string of the molecule is COc1cccc(CN(C)C(=O)c2cc(COc3cc(C)ccc3C)on2)c1. The average molecular weight is 380 g/mol. The van der Waals surface area contributed by atoms with Crippen LogP contribution < -0.4 is 9.47 Å². The van der Waals surface area contributed by atoms with Crippen molar-refractivity contribution in [2.75, 3.05) is 14.2 Å². The second kappa shape index (κ2) is 8.61. The van der Waals surface area contributed by atoms with Gasteiger partial charge in [-0.25, -0.2) is 0 Å². The average Bonchev–Trinajstić information content (AvgIpc) is 3.17. The van der Waals surface area contributed by atoms with E-state index in [9.17, 15) is 4.79 Å². The molecule has 0 aliphatic heterocycles.